The van der Waals surface area contributed by atoms with Crippen LogP contribution < -0.4 is 5.32 Å². The quantitative estimate of drug-likeness (QED) is 0.379. The minimum atomic E-state index is -5.10. The molecule has 2 atom stereocenters. The normalized spacial score (nSPS) is 18.8. The van der Waals surface area contributed by atoms with Gasteiger partial charge in [0.2, 0.25) is 0 Å². The Bertz CT molecular complexity index is 1180. The van der Waals surface area contributed by atoms with E-state index in [0.717, 1.165) is 0 Å². The molecule has 0 unspecified atom stereocenters. The van der Waals surface area contributed by atoms with Crippen LogP contribution in [0.2, 0.25) is 10.0 Å². The molecule has 0 spiro atoms. The van der Waals surface area contributed by atoms with E-state index in [2.05, 4.69) is 5.32 Å². The largest absolute Gasteiger partial charge is 0.444 e. The van der Waals surface area contributed by atoms with Gasteiger partial charge >= 0.3 is 18.4 Å². The molecule has 2 aromatic carbocycles. The average Bonchev–Trinajstić information content (AvgIpc) is 2.78. The van der Waals surface area contributed by atoms with Gasteiger partial charge in [0, 0.05) is 30.6 Å². The van der Waals surface area contributed by atoms with Crippen LogP contribution in [-0.4, -0.2) is 41.6 Å². The molecule has 2 aromatic rings. The first-order valence-electron chi connectivity index (χ1n) is 11.4. The average molecular weight is 585 g/mol. The van der Waals surface area contributed by atoms with Crippen LogP contribution in [0.15, 0.2) is 36.4 Å². The van der Waals surface area contributed by atoms with Crippen LogP contribution in [0.4, 0.5) is 31.1 Å². The first-order valence-corrected chi connectivity index (χ1v) is 12.1. The monoisotopic (exact) mass is 584 g/mol. The number of hydrogen-bond donors (Lipinski definition) is 1. The zero-order chi connectivity index (χ0) is 28.6. The zero-order valence-electron chi connectivity index (χ0n) is 20.4. The lowest BCUT2D eigenvalue weighted by molar-refractivity contribution is -0.143. The molecular formula is C25H24Cl2F6N2O3. The molecule has 1 heterocycles. The minimum absolute atomic E-state index is 0.0359. The molecule has 3 rings (SSSR count). The van der Waals surface area contributed by atoms with Crippen molar-refractivity contribution in [2.45, 2.75) is 57.1 Å². The van der Waals surface area contributed by atoms with Crippen molar-refractivity contribution in [3.8, 4) is 0 Å². The van der Waals surface area contributed by atoms with E-state index in [4.69, 9.17) is 27.9 Å². The van der Waals surface area contributed by atoms with Gasteiger partial charge < -0.3 is 15.0 Å². The highest BCUT2D eigenvalue weighted by Crippen LogP contribution is 2.37. The van der Waals surface area contributed by atoms with Gasteiger partial charge in [-0.1, -0.05) is 29.3 Å². The Hall–Kier alpha value is -2.66. The lowest BCUT2D eigenvalue weighted by Crippen LogP contribution is -2.52. The van der Waals surface area contributed by atoms with Crippen molar-refractivity contribution in [3.05, 3.63) is 68.7 Å². The van der Waals surface area contributed by atoms with Crippen molar-refractivity contribution < 1.29 is 40.7 Å². The highest BCUT2D eigenvalue weighted by Gasteiger charge is 2.39. The fourth-order valence-electron chi connectivity index (χ4n) is 4.04. The molecule has 1 aliphatic heterocycles. The van der Waals surface area contributed by atoms with Gasteiger partial charge in [0.25, 0.3) is 5.91 Å². The molecule has 0 aliphatic carbocycles. The van der Waals surface area contributed by atoms with Crippen molar-refractivity contribution in [1.29, 1.82) is 0 Å². The molecule has 0 bridgehead atoms. The van der Waals surface area contributed by atoms with Gasteiger partial charge in [-0.3, -0.25) is 4.79 Å². The van der Waals surface area contributed by atoms with E-state index in [1.165, 1.54) is 17.0 Å². The molecule has 0 aromatic heterocycles. The van der Waals surface area contributed by atoms with Gasteiger partial charge in [0.15, 0.2) is 0 Å². The highest BCUT2D eigenvalue weighted by atomic mass is 35.5. The smallest absolute Gasteiger partial charge is 0.416 e. The Kier molecular flexibility index (Phi) is 8.53. The molecule has 1 aliphatic rings. The first kappa shape index (κ1) is 29.9. The summed E-state index contributed by atoms with van der Waals surface area (Å²) in [6.45, 7) is 5.23. The zero-order valence-corrected chi connectivity index (χ0v) is 21.9. The number of carbonyl (C=O) groups excluding carboxylic acids is 2. The Balaban J connectivity index is 1.94. The SMILES string of the molecule is CC(C)(C)OC(=O)N1CC[C@H](NC(=O)c2cc(C(F)(F)F)cc(C(F)(F)F)c2)[C@@H](c2ccc(Cl)c(Cl)c2)C1. The van der Waals surface area contributed by atoms with Crippen LogP contribution in [0.25, 0.3) is 0 Å². The first-order chi connectivity index (χ1) is 17.3. The summed E-state index contributed by atoms with van der Waals surface area (Å²) in [6.07, 6.45) is -10.7. The summed E-state index contributed by atoms with van der Waals surface area (Å²) in [5.74, 6) is -1.75. The number of alkyl halides is 6. The molecule has 13 heteroatoms. The summed E-state index contributed by atoms with van der Waals surface area (Å²) in [5.41, 5.74) is -4.22. The predicted molar refractivity (Wildman–Crippen MR) is 129 cm³/mol. The highest BCUT2D eigenvalue weighted by molar-refractivity contribution is 6.42. The summed E-state index contributed by atoms with van der Waals surface area (Å²) in [5, 5.41) is 2.99. The second kappa shape index (κ2) is 10.8. The Morgan fingerprint density at radius 3 is 2.00 bits per heavy atom. The van der Waals surface area contributed by atoms with E-state index in [1.54, 1.807) is 26.8 Å². The molecule has 5 nitrogen and oxygen atoms in total. The second-order valence-electron chi connectivity index (χ2n) is 9.87. The third kappa shape index (κ3) is 7.47. The third-order valence-electron chi connectivity index (χ3n) is 5.80. The maximum Gasteiger partial charge on any atom is 0.416 e. The van der Waals surface area contributed by atoms with Gasteiger partial charge in [-0.05, 0) is 63.1 Å². The second-order valence-corrected chi connectivity index (χ2v) is 10.7. The van der Waals surface area contributed by atoms with Crippen LogP contribution in [0, 0.1) is 0 Å². The topological polar surface area (TPSA) is 58.6 Å². The predicted octanol–water partition coefficient (Wildman–Crippen LogP) is 7.55. The molecule has 38 heavy (non-hydrogen) atoms. The molecule has 2 amide bonds. The fraction of sp³-hybridized carbons (Fsp3) is 0.440. The molecule has 1 fully saturated rings. The number of likely N-dealkylation sites (tertiary alicyclic amines) is 1. The van der Waals surface area contributed by atoms with Gasteiger partial charge in [-0.25, -0.2) is 4.79 Å². The van der Waals surface area contributed by atoms with Crippen molar-refractivity contribution >= 4 is 35.2 Å². The minimum Gasteiger partial charge on any atom is -0.444 e. The maximum absolute atomic E-state index is 13.3. The number of amides is 2. The van der Waals surface area contributed by atoms with Crippen molar-refractivity contribution in [1.82, 2.24) is 10.2 Å². The van der Waals surface area contributed by atoms with Gasteiger partial charge in [0.1, 0.15) is 5.60 Å². The van der Waals surface area contributed by atoms with E-state index in [-0.39, 0.29) is 35.6 Å². The number of benzene rings is 2. The van der Waals surface area contributed by atoms with E-state index >= 15 is 0 Å². The number of nitrogens with zero attached hydrogens (tertiary/aromatic N) is 1. The maximum atomic E-state index is 13.3. The Morgan fingerprint density at radius 1 is 0.921 bits per heavy atom. The van der Waals surface area contributed by atoms with Gasteiger partial charge in [-0.15, -0.1) is 0 Å². The summed E-state index contributed by atoms with van der Waals surface area (Å²) in [7, 11) is 0. The Morgan fingerprint density at radius 2 is 1.50 bits per heavy atom. The standard InChI is InChI=1S/C25H24Cl2F6N2O3/c1-23(2,3)38-22(37)35-7-6-20(17(12-35)13-4-5-18(26)19(27)10-13)34-21(36)14-8-15(24(28,29)30)11-16(9-14)25(31,32)33/h4-5,8-11,17,20H,6-7,12H2,1-3H3,(H,34,36)/t17-,20+/m1/s1. The molecule has 208 valence electrons. The van der Waals surface area contributed by atoms with E-state index in [1.807, 2.05) is 0 Å². The van der Waals surface area contributed by atoms with Gasteiger partial charge in [0.05, 0.1) is 21.2 Å². The van der Waals surface area contributed by atoms with Crippen LogP contribution in [0.5, 0.6) is 0 Å². The summed E-state index contributed by atoms with van der Waals surface area (Å²) < 4.78 is 85.1. The van der Waals surface area contributed by atoms with Gasteiger partial charge in [-0.2, -0.15) is 26.3 Å². The molecule has 0 radical (unpaired) electrons. The third-order valence-corrected chi connectivity index (χ3v) is 6.54. The Labute approximate surface area is 225 Å². The van der Waals surface area contributed by atoms with Crippen LogP contribution in [0.1, 0.15) is 60.2 Å². The lowest BCUT2D eigenvalue weighted by atomic mass is 9.85. The van der Waals surface area contributed by atoms with E-state index in [0.29, 0.717) is 17.7 Å². The number of halogens is 8. The number of rotatable bonds is 3. The lowest BCUT2D eigenvalue weighted by Gasteiger charge is -2.39. The molecule has 0 saturated carbocycles. The van der Waals surface area contributed by atoms with Crippen molar-refractivity contribution in [2.24, 2.45) is 0 Å². The van der Waals surface area contributed by atoms with E-state index < -0.39 is 58.6 Å². The van der Waals surface area contributed by atoms with Crippen LogP contribution in [0.3, 0.4) is 0 Å². The summed E-state index contributed by atoms with van der Waals surface area (Å²) in [4.78, 5) is 27.1. The number of hydrogen-bond acceptors (Lipinski definition) is 3. The van der Waals surface area contributed by atoms with Crippen LogP contribution in [-0.2, 0) is 17.1 Å². The summed E-state index contributed by atoms with van der Waals surface area (Å²) in [6, 6.07) is 4.58. The number of carbonyl (C=O) groups is 2. The number of nitrogens with one attached hydrogen (secondary N) is 1. The molecular weight excluding hydrogens is 561 g/mol. The number of ether oxygens (including phenoxy) is 1. The van der Waals surface area contributed by atoms with Crippen molar-refractivity contribution in [2.75, 3.05) is 13.1 Å². The van der Waals surface area contributed by atoms with Crippen molar-refractivity contribution in [3.63, 3.8) is 0 Å². The molecule has 1 saturated heterocycles. The van der Waals surface area contributed by atoms with Crippen LogP contribution >= 0.6 is 23.2 Å². The summed E-state index contributed by atoms with van der Waals surface area (Å²) >= 11 is 12.2. The number of piperidine rings is 1. The van der Waals surface area contributed by atoms with E-state index in [9.17, 15) is 35.9 Å². The fourth-order valence-corrected chi connectivity index (χ4v) is 4.34. The molecule has 1 N–H and O–H groups in total.